The van der Waals surface area contributed by atoms with Crippen LogP contribution >= 0.6 is 0 Å². The zero-order chi connectivity index (χ0) is 10.6. The molecule has 4 saturated carbocycles. The van der Waals surface area contributed by atoms with Crippen molar-refractivity contribution >= 4 is 0 Å². The highest BCUT2D eigenvalue weighted by Gasteiger charge is 2.69. The average molecular weight is 212 g/mol. The second-order valence-corrected chi connectivity index (χ2v) is 7.18. The summed E-state index contributed by atoms with van der Waals surface area (Å²) < 4.78 is 0. The molecule has 0 aromatic rings. The third kappa shape index (κ3) is 0.658. The Morgan fingerprint density at radius 1 is 1.12 bits per heavy atom. The number of allylic oxidation sites excluding steroid dienone is 3. The van der Waals surface area contributed by atoms with Crippen LogP contribution in [0.5, 0.6) is 0 Å². The molecule has 0 spiro atoms. The summed E-state index contributed by atoms with van der Waals surface area (Å²) in [5.41, 5.74) is 1.62. The summed E-state index contributed by atoms with van der Waals surface area (Å²) in [6, 6.07) is 0. The molecule has 0 amide bonds. The van der Waals surface area contributed by atoms with E-state index in [1.165, 1.54) is 6.42 Å². The predicted molar refractivity (Wildman–Crippen MR) is 64.6 cm³/mol. The molecule has 0 radical (unpaired) electrons. The molecule has 0 nitrogen and oxygen atoms in total. The Kier molecular flexibility index (Phi) is 1.25. The summed E-state index contributed by atoms with van der Waals surface area (Å²) in [5, 5.41) is 0. The maximum atomic E-state index is 4.40. The van der Waals surface area contributed by atoms with Gasteiger partial charge in [0.05, 0.1) is 0 Å². The first kappa shape index (κ1) is 8.55. The van der Waals surface area contributed by atoms with Crippen molar-refractivity contribution in [2.24, 2.45) is 53.3 Å². The SMILES string of the molecule is C=C1C[C@@H]2C[C@@H]3[C@@H](C)[C@@H]4C=C[C@H]5[C@@H]1[C@@H]2[C@@H]3[C@@H]45. The summed E-state index contributed by atoms with van der Waals surface area (Å²) in [7, 11) is 0. The van der Waals surface area contributed by atoms with Gasteiger partial charge in [-0.25, -0.2) is 0 Å². The van der Waals surface area contributed by atoms with Crippen molar-refractivity contribution < 1.29 is 0 Å². The molecule has 0 bridgehead atoms. The van der Waals surface area contributed by atoms with E-state index < -0.39 is 0 Å². The van der Waals surface area contributed by atoms with Crippen LogP contribution in [-0.2, 0) is 0 Å². The highest BCUT2D eigenvalue weighted by atomic mass is 14.7. The lowest BCUT2D eigenvalue weighted by atomic mass is 9.83. The van der Waals surface area contributed by atoms with Gasteiger partial charge in [0.1, 0.15) is 0 Å². The topological polar surface area (TPSA) is 0 Å². The number of hydrogen-bond acceptors (Lipinski definition) is 0. The second-order valence-electron chi connectivity index (χ2n) is 7.18. The van der Waals surface area contributed by atoms with Gasteiger partial charge in [-0.15, -0.1) is 0 Å². The normalized spacial score (nSPS) is 68.3. The van der Waals surface area contributed by atoms with Crippen LogP contribution in [0.3, 0.4) is 0 Å². The third-order valence-electron chi connectivity index (χ3n) is 7.05. The zero-order valence-electron chi connectivity index (χ0n) is 9.97. The van der Waals surface area contributed by atoms with E-state index in [-0.39, 0.29) is 0 Å². The van der Waals surface area contributed by atoms with Crippen LogP contribution < -0.4 is 0 Å². The van der Waals surface area contributed by atoms with Crippen molar-refractivity contribution in [3.8, 4) is 0 Å². The Morgan fingerprint density at radius 2 is 1.94 bits per heavy atom. The first-order chi connectivity index (χ1) is 7.77. The lowest BCUT2D eigenvalue weighted by Gasteiger charge is -2.21. The Morgan fingerprint density at radius 3 is 2.81 bits per heavy atom. The van der Waals surface area contributed by atoms with Crippen molar-refractivity contribution in [2.75, 3.05) is 0 Å². The van der Waals surface area contributed by atoms with E-state index in [4.69, 9.17) is 0 Å². The van der Waals surface area contributed by atoms with Crippen LogP contribution in [0.25, 0.3) is 0 Å². The summed E-state index contributed by atoms with van der Waals surface area (Å²) in [4.78, 5) is 0. The molecule has 0 N–H and O–H groups in total. The molecule has 0 aliphatic heterocycles. The van der Waals surface area contributed by atoms with Gasteiger partial charge in [-0.05, 0) is 66.1 Å². The van der Waals surface area contributed by atoms with Gasteiger partial charge in [-0.2, -0.15) is 0 Å². The summed E-state index contributed by atoms with van der Waals surface area (Å²) in [6.07, 6.45) is 8.07. The molecule has 5 aliphatic carbocycles. The summed E-state index contributed by atoms with van der Waals surface area (Å²) in [5.74, 6) is 9.04. The Balaban J connectivity index is 1.73. The Hall–Kier alpha value is -0.520. The maximum absolute atomic E-state index is 4.40. The van der Waals surface area contributed by atoms with Gasteiger partial charge in [-0.1, -0.05) is 31.2 Å². The van der Waals surface area contributed by atoms with Crippen molar-refractivity contribution in [1.29, 1.82) is 0 Å². The van der Waals surface area contributed by atoms with Crippen LogP contribution in [0.4, 0.5) is 0 Å². The Bertz CT molecular complexity index is 418. The molecule has 5 rings (SSSR count). The third-order valence-corrected chi connectivity index (χ3v) is 7.05. The van der Waals surface area contributed by atoms with Crippen molar-refractivity contribution in [3.63, 3.8) is 0 Å². The smallest absolute Gasteiger partial charge is 0.0106 e. The van der Waals surface area contributed by atoms with E-state index in [0.717, 1.165) is 53.3 Å². The molecule has 0 saturated heterocycles. The van der Waals surface area contributed by atoms with E-state index >= 15 is 0 Å². The molecule has 84 valence electrons. The van der Waals surface area contributed by atoms with E-state index in [0.29, 0.717) is 0 Å². The average Bonchev–Trinajstić information content (AvgIpc) is 2.90. The highest BCUT2D eigenvalue weighted by molar-refractivity contribution is 5.32. The molecule has 0 heteroatoms. The number of hydrogen-bond donors (Lipinski definition) is 0. The van der Waals surface area contributed by atoms with Crippen LogP contribution in [0.1, 0.15) is 19.8 Å². The highest BCUT2D eigenvalue weighted by Crippen LogP contribution is 2.74. The molecule has 0 aromatic heterocycles. The van der Waals surface area contributed by atoms with Crippen LogP contribution in [0, 0.1) is 53.3 Å². The minimum Gasteiger partial charge on any atom is -0.0995 e. The van der Waals surface area contributed by atoms with E-state index in [1.54, 1.807) is 12.0 Å². The number of rotatable bonds is 0. The molecule has 0 aromatic carbocycles. The largest absolute Gasteiger partial charge is 0.0995 e. The Labute approximate surface area is 97.8 Å². The van der Waals surface area contributed by atoms with Crippen molar-refractivity contribution in [2.45, 2.75) is 19.8 Å². The van der Waals surface area contributed by atoms with Gasteiger partial charge in [-0.3, -0.25) is 0 Å². The standard InChI is InChI=1S/C16H20/c1-7-5-9-6-12-8(2)10-3-4-11-13(7)14(9)16(12)15(10)11/h3-4,8-16H,1,5-6H2,2H3/t8-,9+,10-,11-,12+,13+,14+,15-,16+/m0/s1. The van der Waals surface area contributed by atoms with Gasteiger partial charge in [0.15, 0.2) is 0 Å². The van der Waals surface area contributed by atoms with Crippen molar-refractivity contribution in [3.05, 3.63) is 24.3 Å². The van der Waals surface area contributed by atoms with Gasteiger partial charge in [0.25, 0.3) is 0 Å². The molecule has 16 heavy (non-hydrogen) atoms. The van der Waals surface area contributed by atoms with E-state index in [9.17, 15) is 0 Å². The maximum Gasteiger partial charge on any atom is -0.0106 e. The first-order valence-corrected chi connectivity index (χ1v) is 7.13. The molecule has 0 unspecified atom stereocenters. The minimum atomic E-state index is 0.902. The summed E-state index contributed by atoms with van der Waals surface area (Å²) >= 11 is 0. The van der Waals surface area contributed by atoms with Gasteiger partial charge < -0.3 is 0 Å². The van der Waals surface area contributed by atoms with Crippen LogP contribution in [0.2, 0.25) is 0 Å². The minimum absolute atomic E-state index is 0.902. The van der Waals surface area contributed by atoms with E-state index in [2.05, 4.69) is 25.7 Å². The molecule has 4 fully saturated rings. The monoisotopic (exact) mass is 212 g/mol. The lowest BCUT2D eigenvalue weighted by Crippen LogP contribution is -2.16. The van der Waals surface area contributed by atoms with Gasteiger partial charge in [0, 0.05) is 0 Å². The molecule has 0 heterocycles. The fraction of sp³-hybridized carbons (Fsp3) is 0.750. The van der Waals surface area contributed by atoms with Crippen LogP contribution in [0.15, 0.2) is 24.3 Å². The zero-order valence-corrected chi connectivity index (χ0v) is 9.97. The molecular formula is C16H20. The van der Waals surface area contributed by atoms with Crippen molar-refractivity contribution in [1.82, 2.24) is 0 Å². The second kappa shape index (κ2) is 2.35. The van der Waals surface area contributed by atoms with E-state index in [1.807, 2.05) is 0 Å². The van der Waals surface area contributed by atoms with Crippen LogP contribution in [-0.4, -0.2) is 0 Å². The molecular weight excluding hydrogens is 192 g/mol. The lowest BCUT2D eigenvalue weighted by molar-refractivity contribution is 0.313. The predicted octanol–water partition coefficient (Wildman–Crippen LogP) is 3.51. The van der Waals surface area contributed by atoms with Gasteiger partial charge >= 0.3 is 0 Å². The first-order valence-electron chi connectivity index (χ1n) is 7.13. The van der Waals surface area contributed by atoms with Gasteiger partial charge in [0.2, 0.25) is 0 Å². The fourth-order valence-corrected chi connectivity index (χ4v) is 6.85. The fourth-order valence-electron chi connectivity index (χ4n) is 6.85. The number of fused-ring (bicyclic) bond motifs is 1. The quantitative estimate of drug-likeness (QED) is 0.539. The summed E-state index contributed by atoms with van der Waals surface area (Å²) in [6.45, 7) is 6.93. The molecule has 5 aliphatic rings. The molecule has 9 atom stereocenters.